The molecule has 128 valence electrons. The number of fused-ring (bicyclic) bond motifs is 2. The van der Waals surface area contributed by atoms with Crippen molar-refractivity contribution in [2.24, 2.45) is 7.05 Å². The van der Waals surface area contributed by atoms with Gasteiger partial charge in [0.05, 0.1) is 17.1 Å². The standard InChI is InChI=1S/C20H16N4O2/c1-24-17-5-3-2-4-16(17)23-20(24)14(11-21)19(26)13-6-8-15-12(10-13)7-9-18(25)22-15/h2-6,8,10,14H,7,9H2,1H3,(H,22,25). The van der Waals surface area contributed by atoms with Gasteiger partial charge in [-0.05, 0) is 42.3 Å². The molecule has 1 amide bonds. The second-order valence-electron chi connectivity index (χ2n) is 6.36. The minimum absolute atomic E-state index is 0.0221. The summed E-state index contributed by atoms with van der Waals surface area (Å²) >= 11 is 0. The highest BCUT2D eigenvalue weighted by atomic mass is 16.1. The van der Waals surface area contributed by atoms with Crippen molar-refractivity contribution in [3.05, 3.63) is 59.4 Å². The quantitative estimate of drug-likeness (QED) is 0.740. The number of aromatic nitrogens is 2. The average Bonchev–Trinajstić information content (AvgIpc) is 2.99. The third-order valence-corrected chi connectivity index (χ3v) is 4.76. The summed E-state index contributed by atoms with van der Waals surface area (Å²) in [5, 5.41) is 12.4. The van der Waals surface area contributed by atoms with Gasteiger partial charge >= 0.3 is 0 Å². The zero-order valence-electron chi connectivity index (χ0n) is 14.2. The smallest absolute Gasteiger partial charge is 0.224 e. The number of carbonyl (C=O) groups is 2. The van der Waals surface area contributed by atoms with Gasteiger partial charge in [-0.15, -0.1) is 0 Å². The van der Waals surface area contributed by atoms with E-state index in [0.717, 1.165) is 22.3 Å². The number of amides is 1. The van der Waals surface area contributed by atoms with Crippen molar-refractivity contribution < 1.29 is 9.59 Å². The molecule has 1 N–H and O–H groups in total. The monoisotopic (exact) mass is 344 g/mol. The molecule has 3 aromatic rings. The molecule has 6 heteroatoms. The molecule has 0 radical (unpaired) electrons. The first-order chi connectivity index (χ1) is 12.6. The summed E-state index contributed by atoms with van der Waals surface area (Å²) in [5.41, 5.74) is 3.74. The molecule has 1 aliphatic heterocycles. The van der Waals surface area contributed by atoms with E-state index >= 15 is 0 Å². The average molecular weight is 344 g/mol. The molecule has 0 aliphatic carbocycles. The van der Waals surface area contributed by atoms with E-state index in [2.05, 4.69) is 16.4 Å². The topological polar surface area (TPSA) is 87.8 Å². The van der Waals surface area contributed by atoms with E-state index in [9.17, 15) is 14.9 Å². The Kier molecular flexibility index (Phi) is 3.77. The van der Waals surface area contributed by atoms with Crippen molar-refractivity contribution in [1.29, 1.82) is 5.26 Å². The maximum atomic E-state index is 13.0. The predicted octanol–water partition coefficient (Wildman–Crippen LogP) is 2.95. The molecule has 1 aliphatic rings. The van der Waals surface area contributed by atoms with Crippen LogP contribution in [0.4, 0.5) is 5.69 Å². The molecule has 26 heavy (non-hydrogen) atoms. The first kappa shape index (κ1) is 16.0. The lowest BCUT2D eigenvalue weighted by molar-refractivity contribution is -0.116. The lowest BCUT2D eigenvalue weighted by Gasteiger charge is -2.18. The van der Waals surface area contributed by atoms with Gasteiger partial charge in [0.2, 0.25) is 5.91 Å². The number of aryl methyl sites for hydroxylation is 2. The highest BCUT2D eigenvalue weighted by Gasteiger charge is 2.28. The van der Waals surface area contributed by atoms with Gasteiger partial charge in [-0.2, -0.15) is 5.26 Å². The Morgan fingerprint density at radius 3 is 2.85 bits per heavy atom. The Balaban J connectivity index is 1.73. The van der Waals surface area contributed by atoms with Crippen LogP contribution in [0.3, 0.4) is 0 Å². The fourth-order valence-corrected chi connectivity index (χ4v) is 3.36. The maximum absolute atomic E-state index is 13.0. The molecule has 2 heterocycles. The number of anilines is 1. The van der Waals surface area contributed by atoms with Gasteiger partial charge < -0.3 is 9.88 Å². The van der Waals surface area contributed by atoms with Crippen molar-refractivity contribution in [2.75, 3.05) is 5.32 Å². The van der Waals surface area contributed by atoms with Crippen LogP contribution in [0, 0.1) is 11.3 Å². The first-order valence-corrected chi connectivity index (χ1v) is 8.36. The number of nitriles is 1. The maximum Gasteiger partial charge on any atom is 0.224 e. The number of Topliss-reactive ketones (excluding diaryl/α,β-unsaturated/α-hetero) is 1. The molecule has 0 bridgehead atoms. The van der Waals surface area contributed by atoms with Gasteiger partial charge in [-0.3, -0.25) is 9.59 Å². The Morgan fingerprint density at radius 2 is 2.08 bits per heavy atom. The fourth-order valence-electron chi connectivity index (χ4n) is 3.36. The number of nitrogens with zero attached hydrogens (tertiary/aromatic N) is 3. The van der Waals surface area contributed by atoms with Gasteiger partial charge in [-0.25, -0.2) is 4.98 Å². The van der Waals surface area contributed by atoms with Crippen LogP contribution in [0.1, 0.15) is 34.1 Å². The molecule has 4 rings (SSSR count). The largest absolute Gasteiger partial charge is 0.330 e. The number of ketones is 1. The molecule has 1 atom stereocenters. The Morgan fingerprint density at radius 1 is 1.27 bits per heavy atom. The summed E-state index contributed by atoms with van der Waals surface area (Å²) in [6.07, 6.45) is 0.989. The summed E-state index contributed by atoms with van der Waals surface area (Å²) in [6.45, 7) is 0. The number of hydrogen-bond donors (Lipinski definition) is 1. The van der Waals surface area contributed by atoms with Crippen LogP contribution in [0.25, 0.3) is 11.0 Å². The SMILES string of the molecule is Cn1c(C(C#N)C(=O)c2ccc3c(c2)CCC(=O)N3)nc2ccccc21. The third-order valence-electron chi connectivity index (χ3n) is 4.76. The molecule has 0 spiro atoms. The van der Waals surface area contributed by atoms with Gasteiger partial charge in [0.25, 0.3) is 0 Å². The predicted molar refractivity (Wildman–Crippen MR) is 96.8 cm³/mol. The third kappa shape index (κ3) is 2.54. The molecule has 0 saturated carbocycles. The first-order valence-electron chi connectivity index (χ1n) is 8.36. The molecule has 1 unspecified atom stereocenters. The Hall–Kier alpha value is -3.46. The zero-order valence-corrected chi connectivity index (χ0v) is 14.2. The number of benzene rings is 2. The molecule has 0 fully saturated rings. The van der Waals surface area contributed by atoms with E-state index in [1.165, 1.54) is 0 Å². The van der Waals surface area contributed by atoms with E-state index in [-0.39, 0.29) is 11.7 Å². The summed E-state index contributed by atoms with van der Waals surface area (Å²) < 4.78 is 1.79. The molecule has 2 aromatic carbocycles. The van der Waals surface area contributed by atoms with E-state index in [0.29, 0.717) is 24.2 Å². The van der Waals surface area contributed by atoms with Crippen LogP contribution in [0.5, 0.6) is 0 Å². The Labute approximate surface area is 150 Å². The van der Waals surface area contributed by atoms with Crippen molar-refractivity contribution in [1.82, 2.24) is 9.55 Å². The van der Waals surface area contributed by atoms with Gasteiger partial charge in [0.1, 0.15) is 5.82 Å². The van der Waals surface area contributed by atoms with Crippen molar-refractivity contribution in [3.8, 4) is 6.07 Å². The molecular formula is C20H16N4O2. The van der Waals surface area contributed by atoms with Crippen molar-refractivity contribution in [2.45, 2.75) is 18.8 Å². The van der Waals surface area contributed by atoms with Gasteiger partial charge in [0, 0.05) is 24.7 Å². The summed E-state index contributed by atoms with van der Waals surface area (Å²) in [5.74, 6) is -0.856. The second-order valence-corrected chi connectivity index (χ2v) is 6.36. The van der Waals surface area contributed by atoms with Gasteiger partial charge in [-0.1, -0.05) is 12.1 Å². The minimum Gasteiger partial charge on any atom is -0.330 e. The zero-order chi connectivity index (χ0) is 18.3. The lowest BCUT2D eigenvalue weighted by Crippen LogP contribution is -2.20. The lowest BCUT2D eigenvalue weighted by atomic mass is 9.93. The van der Waals surface area contributed by atoms with Crippen LogP contribution >= 0.6 is 0 Å². The Bertz CT molecular complexity index is 1090. The second kappa shape index (κ2) is 6.12. The number of rotatable bonds is 3. The van der Waals surface area contributed by atoms with E-state index < -0.39 is 5.92 Å². The van der Waals surface area contributed by atoms with Gasteiger partial charge in [0.15, 0.2) is 11.7 Å². The van der Waals surface area contributed by atoms with Crippen LogP contribution in [-0.4, -0.2) is 21.2 Å². The molecule has 1 aromatic heterocycles. The minimum atomic E-state index is -0.983. The number of hydrogen-bond acceptors (Lipinski definition) is 4. The van der Waals surface area contributed by atoms with Crippen molar-refractivity contribution in [3.63, 3.8) is 0 Å². The summed E-state index contributed by atoms with van der Waals surface area (Å²) in [6, 6.07) is 14.8. The van der Waals surface area contributed by atoms with Crippen LogP contribution in [0.2, 0.25) is 0 Å². The fraction of sp³-hybridized carbons (Fsp3) is 0.200. The molecule has 6 nitrogen and oxygen atoms in total. The molecular weight excluding hydrogens is 328 g/mol. The van der Waals surface area contributed by atoms with Crippen LogP contribution < -0.4 is 5.32 Å². The van der Waals surface area contributed by atoms with Crippen LogP contribution in [-0.2, 0) is 18.3 Å². The normalized spacial score (nSPS) is 14.4. The number of carbonyl (C=O) groups excluding carboxylic acids is 2. The summed E-state index contributed by atoms with van der Waals surface area (Å²) in [4.78, 5) is 29.0. The molecule has 0 saturated heterocycles. The number of imidazole rings is 1. The summed E-state index contributed by atoms with van der Waals surface area (Å²) in [7, 11) is 1.81. The highest BCUT2D eigenvalue weighted by molar-refractivity contribution is 6.04. The van der Waals surface area contributed by atoms with Crippen molar-refractivity contribution >= 4 is 28.4 Å². The van der Waals surface area contributed by atoms with E-state index in [1.807, 2.05) is 31.3 Å². The highest BCUT2D eigenvalue weighted by Crippen LogP contribution is 2.28. The number of nitrogens with one attached hydrogen (secondary N) is 1. The van der Waals surface area contributed by atoms with E-state index in [4.69, 9.17) is 0 Å². The number of para-hydroxylation sites is 2. The van der Waals surface area contributed by atoms with Crippen LogP contribution in [0.15, 0.2) is 42.5 Å². The van der Waals surface area contributed by atoms with E-state index in [1.54, 1.807) is 22.8 Å².